The Bertz CT molecular complexity index is 730. The van der Waals surface area contributed by atoms with Crippen LogP contribution < -0.4 is 10.1 Å². The molecule has 128 valence electrons. The summed E-state index contributed by atoms with van der Waals surface area (Å²) in [5.74, 6) is 1.10. The van der Waals surface area contributed by atoms with Gasteiger partial charge in [-0.15, -0.1) is 0 Å². The number of hydrogen-bond acceptors (Lipinski definition) is 3. The molecule has 0 unspecified atom stereocenters. The van der Waals surface area contributed by atoms with E-state index in [-0.39, 0.29) is 12.0 Å². The van der Waals surface area contributed by atoms with Crippen molar-refractivity contribution in [2.24, 2.45) is 5.92 Å². The summed E-state index contributed by atoms with van der Waals surface area (Å²) in [7, 11) is 0. The van der Waals surface area contributed by atoms with Crippen LogP contribution in [0.3, 0.4) is 0 Å². The highest BCUT2D eigenvalue weighted by Crippen LogP contribution is 2.28. The molecule has 2 heterocycles. The highest BCUT2D eigenvalue weighted by Gasteiger charge is 2.25. The van der Waals surface area contributed by atoms with Crippen molar-refractivity contribution in [2.75, 3.05) is 6.54 Å². The molecule has 0 aliphatic carbocycles. The highest BCUT2D eigenvalue weighted by molar-refractivity contribution is 6.33. The van der Waals surface area contributed by atoms with Crippen LogP contribution in [-0.4, -0.2) is 28.3 Å². The lowest BCUT2D eigenvalue weighted by atomic mass is 10.1. The molecule has 1 amide bonds. The predicted molar refractivity (Wildman–Crippen MR) is 93.7 cm³/mol. The van der Waals surface area contributed by atoms with Gasteiger partial charge in [-0.25, -0.2) is 0 Å². The van der Waals surface area contributed by atoms with Crippen LogP contribution >= 0.6 is 11.6 Å². The molecule has 24 heavy (non-hydrogen) atoms. The summed E-state index contributed by atoms with van der Waals surface area (Å²) in [6.07, 6.45) is 0.756. The Morgan fingerprint density at radius 3 is 2.92 bits per heavy atom. The number of nitrogens with zero attached hydrogens (tertiary/aromatic N) is 2. The van der Waals surface area contributed by atoms with E-state index in [2.05, 4.69) is 24.3 Å². The first-order valence-corrected chi connectivity index (χ1v) is 8.59. The highest BCUT2D eigenvalue weighted by atomic mass is 35.5. The minimum Gasteiger partial charge on any atom is -0.488 e. The molecule has 1 aromatic heterocycles. The van der Waals surface area contributed by atoms with E-state index in [1.54, 1.807) is 11.6 Å². The molecule has 6 heteroatoms. The number of carbonyl (C=O) groups is 1. The summed E-state index contributed by atoms with van der Waals surface area (Å²) in [4.78, 5) is 12.5. The van der Waals surface area contributed by atoms with E-state index in [4.69, 9.17) is 16.3 Å². The molecule has 0 bridgehead atoms. The van der Waals surface area contributed by atoms with Gasteiger partial charge in [0.15, 0.2) is 0 Å². The number of halogens is 1. The summed E-state index contributed by atoms with van der Waals surface area (Å²) in [6.45, 7) is 7.11. The van der Waals surface area contributed by atoms with Gasteiger partial charge in [0.05, 0.1) is 17.8 Å². The van der Waals surface area contributed by atoms with Crippen molar-refractivity contribution in [1.29, 1.82) is 0 Å². The van der Waals surface area contributed by atoms with Crippen LogP contribution in [0, 0.1) is 12.8 Å². The van der Waals surface area contributed by atoms with Crippen LogP contribution in [0.15, 0.2) is 24.3 Å². The lowest BCUT2D eigenvalue weighted by molar-refractivity contribution is 0.0933. The van der Waals surface area contributed by atoms with Crippen molar-refractivity contribution in [1.82, 2.24) is 15.1 Å². The SMILES string of the molecule is Cc1nn(CC(C)C)c(Cl)c1C(=O)NC[C@H]1Cc2ccccc2O1. The minimum atomic E-state index is -0.202. The zero-order valence-corrected chi connectivity index (χ0v) is 14.9. The Morgan fingerprint density at radius 1 is 1.46 bits per heavy atom. The third-order valence-electron chi connectivity index (χ3n) is 4.03. The molecular formula is C18H22ClN3O2. The fraction of sp³-hybridized carbons (Fsp3) is 0.444. The number of carbonyl (C=O) groups excluding carboxylic acids is 1. The van der Waals surface area contributed by atoms with Crippen molar-refractivity contribution < 1.29 is 9.53 Å². The lowest BCUT2D eigenvalue weighted by Gasteiger charge is -2.12. The average molecular weight is 348 g/mol. The number of para-hydroxylation sites is 1. The second-order valence-corrected chi connectivity index (χ2v) is 6.95. The summed E-state index contributed by atoms with van der Waals surface area (Å²) in [5, 5.41) is 7.70. The summed E-state index contributed by atoms with van der Waals surface area (Å²) < 4.78 is 7.54. The van der Waals surface area contributed by atoms with Gasteiger partial charge < -0.3 is 10.1 Å². The fourth-order valence-corrected chi connectivity index (χ4v) is 3.27. The van der Waals surface area contributed by atoms with Gasteiger partial charge in [0, 0.05) is 13.0 Å². The summed E-state index contributed by atoms with van der Waals surface area (Å²) >= 11 is 6.35. The van der Waals surface area contributed by atoms with E-state index in [0.717, 1.165) is 12.2 Å². The molecule has 0 radical (unpaired) electrons. The zero-order chi connectivity index (χ0) is 17.3. The number of rotatable bonds is 5. The topological polar surface area (TPSA) is 56.2 Å². The number of aryl methyl sites for hydroxylation is 1. The number of hydrogen-bond donors (Lipinski definition) is 1. The van der Waals surface area contributed by atoms with E-state index in [1.165, 1.54) is 5.56 Å². The van der Waals surface area contributed by atoms with E-state index in [9.17, 15) is 4.79 Å². The fourth-order valence-electron chi connectivity index (χ4n) is 2.94. The van der Waals surface area contributed by atoms with Crippen molar-refractivity contribution in [3.8, 4) is 5.75 Å². The van der Waals surface area contributed by atoms with Gasteiger partial charge in [0.2, 0.25) is 0 Å². The molecule has 1 N–H and O–H groups in total. The number of nitrogens with one attached hydrogen (secondary N) is 1. The maximum absolute atomic E-state index is 12.5. The van der Waals surface area contributed by atoms with E-state index >= 15 is 0 Å². The Kier molecular flexibility index (Phi) is 4.81. The van der Waals surface area contributed by atoms with Gasteiger partial charge in [-0.3, -0.25) is 9.48 Å². The first kappa shape index (κ1) is 16.8. The first-order chi connectivity index (χ1) is 11.5. The van der Waals surface area contributed by atoms with Crippen LogP contribution in [0.5, 0.6) is 5.75 Å². The molecule has 1 atom stereocenters. The third-order valence-corrected chi connectivity index (χ3v) is 4.42. The molecule has 0 saturated heterocycles. The number of benzene rings is 1. The molecule has 5 nitrogen and oxygen atoms in total. The van der Waals surface area contributed by atoms with Gasteiger partial charge >= 0.3 is 0 Å². The van der Waals surface area contributed by atoms with E-state index in [1.807, 2.05) is 24.3 Å². The van der Waals surface area contributed by atoms with Gasteiger partial charge in [-0.2, -0.15) is 5.10 Å². The molecule has 0 saturated carbocycles. The third kappa shape index (κ3) is 3.41. The molecular weight excluding hydrogens is 326 g/mol. The Hall–Kier alpha value is -2.01. The molecule has 0 spiro atoms. The van der Waals surface area contributed by atoms with Crippen LogP contribution in [0.4, 0.5) is 0 Å². The maximum Gasteiger partial charge on any atom is 0.256 e. The quantitative estimate of drug-likeness (QED) is 0.903. The van der Waals surface area contributed by atoms with Gasteiger partial charge in [-0.05, 0) is 24.5 Å². The standard InChI is InChI=1S/C18H22ClN3O2/c1-11(2)10-22-17(19)16(12(3)21-22)18(23)20-9-14-8-13-6-4-5-7-15(13)24-14/h4-7,11,14H,8-10H2,1-3H3,(H,20,23)/t14-/m1/s1. The Morgan fingerprint density at radius 2 is 2.21 bits per heavy atom. The number of amides is 1. The average Bonchev–Trinajstić information content (AvgIpc) is 3.05. The Labute approximate surface area is 147 Å². The number of aromatic nitrogens is 2. The minimum absolute atomic E-state index is 0.0452. The Balaban J connectivity index is 1.63. The van der Waals surface area contributed by atoms with Gasteiger partial charge in [0.1, 0.15) is 17.0 Å². The van der Waals surface area contributed by atoms with Crippen molar-refractivity contribution in [3.05, 3.63) is 46.2 Å². The van der Waals surface area contributed by atoms with Crippen LogP contribution in [0.2, 0.25) is 5.15 Å². The summed E-state index contributed by atoms with van der Waals surface area (Å²) in [6, 6.07) is 7.95. The molecule has 1 aromatic carbocycles. The smallest absolute Gasteiger partial charge is 0.256 e. The van der Waals surface area contributed by atoms with Crippen LogP contribution in [0.25, 0.3) is 0 Å². The first-order valence-electron chi connectivity index (χ1n) is 8.21. The van der Waals surface area contributed by atoms with Crippen LogP contribution in [0.1, 0.15) is 35.5 Å². The predicted octanol–water partition coefficient (Wildman–Crippen LogP) is 3.23. The van der Waals surface area contributed by atoms with Gasteiger partial charge in [-0.1, -0.05) is 43.6 Å². The second kappa shape index (κ2) is 6.85. The monoisotopic (exact) mass is 347 g/mol. The number of fused-ring (bicyclic) bond motifs is 1. The zero-order valence-electron chi connectivity index (χ0n) is 14.2. The second-order valence-electron chi connectivity index (χ2n) is 6.59. The molecule has 1 aliphatic rings. The van der Waals surface area contributed by atoms with Crippen molar-refractivity contribution >= 4 is 17.5 Å². The maximum atomic E-state index is 12.5. The van der Waals surface area contributed by atoms with E-state index < -0.39 is 0 Å². The van der Waals surface area contributed by atoms with Crippen LogP contribution in [-0.2, 0) is 13.0 Å². The molecule has 2 aromatic rings. The number of ether oxygens (including phenoxy) is 1. The lowest BCUT2D eigenvalue weighted by Crippen LogP contribution is -2.34. The normalized spacial score (nSPS) is 16.1. The molecule has 1 aliphatic heterocycles. The summed E-state index contributed by atoms with van der Waals surface area (Å²) in [5.41, 5.74) is 2.28. The molecule has 0 fully saturated rings. The largest absolute Gasteiger partial charge is 0.488 e. The van der Waals surface area contributed by atoms with Crippen molar-refractivity contribution in [3.63, 3.8) is 0 Å². The van der Waals surface area contributed by atoms with E-state index in [0.29, 0.717) is 35.4 Å². The van der Waals surface area contributed by atoms with Gasteiger partial charge in [0.25, 0.3) is 5.91 Å². The molecule has 3 rings (SSSR count). The van der Waals surface area contributed by atoms with Crippen molar-refractivity contribution in [2.45, 2.75) is 39.8 Å².